The minimum atomic E-state index is 0.0914. The van der Waals surface area contributed by atoms with Crippen LogP contribution in [0.1, 0.15) is 23.3 Å². The van der Waals surface area contributed by atoms with E-state index in [1.807, 2.05) is 10.3 Å². The second kappa shape index (κ2) is 3.23. The van der Waals surface area contributed by atoms with Crippen molar-refractivity contribution in [1.29, 1.82) is 0 Å². The third kappa shape index (κ3) is 1.34. The maximum Gasteiger partial charge on any atom is 0.273 e. The van der Waals surface area contributed by atoms with Gasteiger partial charge in [0.15, 0.2) is 0 Å². The van der Waals surface area contributed by atoms with Crippen molar-refractivity contribution in [2.24, 2.45) is 0 Å². The lowest BCUT2D eigenvalue weighted by atomic mass is 10.4. The van der Waals surface area contributed by atoms with Crippen molar-refractivity contribution in [1.82, 2.24) is 9.27 Å². The fourth-order valence-corrected chi connectivity index (χ4v) is 1.91. The molecule has 0 bridgehead atoms. The molecule has 3 nitrogen and oxygen atoms in total. The average Bonchev–Trinajstić information content (AvgIpc) is 2.77. The van der Waals surface area contributed by atoms with E-state index in [-0.39, 0.29) is 5.91 Å². The summed E-state index contributed by atoms with van der Waals surface area (Å²) in [6, 6.07) is 1.78. The molecule has 2 rings (SSSR count). The smallest absolute Gasteiger partial charge is 0.273 e. The monoisotopic (exact) mass is 182 g/mol. The Morgan fingerprint density at radius 2 is 2.25 bits per heavy atom. The van der Waals surface area contributed by atoms with Crippen LogP contribution in [0.15, 0.2) is 11.4 Å². The van der Waals surface area contributed by atoms with Crippen molar-refractivity contribution in [3.05, 3.63) is 17.1 Å². The van der Waals surface area contributed by atoms with Gasteiger partial charge in [-0.2, -0.15) is 4.37 Å². The molecule has 0 saturated carbocycles. The third-order valence-corrected chi connectivity index (χ3v) is 2.61. The number of aromatic nitrogens is 1. The number of amides is 1. The van der Waals surface area contributed by atoms with E-state index in [9.17, 15) is 4.79 Å². The molecule has 1 fully saturated rings. The summed E-state index contributed by atoms with van der Waals surface area (Å²) in [5.74, 6) is 0.0914. The van der Waals surface area contributed by atoms with Gasteiger partial charge >= 0.3 is 0 Å². The van der Waals surface area contributed by atoms with Gasteiger partial charge in [0.05, 0.1) is 0 Å². The molecule has 0 N–H and O–H groups in total. The second-order valence-corrected chi connectivity index (χ2v) is 3.55. The summed E-state index contributed by atoms with van der Waals surface area (Å²) >= 11 is 1.33. The summed E-state index contributed by atoms with van der Waals surface area (Å²) in [6.45, 7) is 1.80. The van der Waals surface area contributed by atoms with Gasteiger partial charge in [0.1, 0.15) is 5.69 Å². The van der Waals surface area contributed by atoms with Crippen molar-refractivity contribution < 1.29 is 4.79 Å². The molecule has 12 heavy (non-hydrogen) atoms. The van der Waals surface area contributed by atoms with E-state index in [1.165, 1.54) is 11.5 Å². The fraction of sp³-hybridized carbons (Fsp3) is 0.500. The van der Waals surface area contributed by atoms with Gasteiger partial charge < -0.3 is 4.90 Å². The Morgan fingerprint density at radius 3 is 2.83 bits per heavy atom. The van der Waals surface area contributed by atoms with Gasteiger partial charge in [0.25, 0.3) is 5.91 Å². The van der Waals surface area contributed by atoms with Crippen LogP contribution < -0.4 is 0 Å². The summed E-state index contributed by atoms with van der Waals surface area (Å²) in [5.41, 5.74) is 0.599. The summed E-state index contributed by atoms with van der Waals surface area (Å²) in [6.07, 6.45) is 2.27. The predicted octanol–water partition coefficient (Wildman–Crippen LogP) is 1.38. The van der Waals surface area contributed by atoms with E-state index in [0.29, 0.717) is 5.69 Å². The normalized spacial score (nSPS) is 16.8. The molecule has 0 atom stereocenters. The van der Waals surface area contributed by atoms with Crippen LogP contribution in [0, 0.1) is 0 Å². The highest BCUT2D eigenvalue weighted by molar-refractivity contribution is 7.03. The van der Waals surface area contributed by atoms with Gasteiger partial charge in [-0.3, -0.25) is 4.79 Å². The Labute approximate surface area is 75.2 Å². The molecule has 64 valence electrons. The summed E-state index contributed by atoms with van der Waals surface area (Å²) in [4.78, 5) is 13.4. The van der Waals surface area contributed by atoms with Crippen molar-refractivity contribution in [3.63, 3.8) is 0 Å². The first-order valence-electron chi connectivity index (χ1n) is 4.07. The van der Waals surface area contributed by atoms with Gasteiger partial charge in [-0.1, -0.05) is 0 Å². The molecule has 0 spiro atoms. The first-order valence-corrected chi connectivity index (χ1v) is 4.91. The van der Waals surface area contributed by atoms with Crippen LogP contribution in [-0.2, 0) is 0 Å². The van der Waals surface area contributed by atoms with Crippen LogP contribution in [-0.4, -0.2) is 28.3 Å². The molecule has 0 aromatic carbocycles. The molecule has 4 heteroatoms. The van der Waals surface area contributed by atoms with Gasteiger partial charge in [-0.25, -0.2) is 0 Å². The van der Waals surface area contributed by atoms with E-state index in [2.05, 4.69) is 4.37 Å². The second-order valence-electron chi connectivity index (χ2n) is 2.88. The molecule has 1 aliphatic rings. The van der Waals surface area contributed by atoms with Crippen LogP contribution >= 0.6 is 11.5 Å². The Balaban J connectivity index is 2.09. The van der Waals surface area contributed by atoms with Crippen molar-refractivity contribution in [2.45, 2.75) is 12.8 Å². The zero-order chi connectivity index (χ0) is 8.39. The Bertz CT molecular complexity index is 265. The highest BCUT2D eigenvalue weighted by Gasteiger charge is 2.20. The van der Waals surface area contributed by atoms with Gasteiger partial charge in [0, 0.05) is 18.5 Å². The van der Waals surface area contributed by atoms with E-state index in [0.717, 1.165) is 25.9 Å². The van der Waals surface area contributed by atoms with Crippen molar-refractivity contribution in [2.75, 3.05) is 13.1 Å². The van der Waals surface area contributed by atoms with Gasteiger partial charge in [0.2, 0.25) is 0 Å². The molecule has 2 heterocycles. The highest BCUT2D eigenvalue weighted by Crippen LogP contribution is 2.12. The van der Waals surface area contributed by atoms with Gasteiger partial charge in [-0.05, 0) is 30.4 Å². The fourth-order valence-electron chi connectivity index (χ4n) is 1.41. The van der Waals surface area contributed by atoms with Crippen molar-refractivity contribution in [3.8, 4) is 0 Å². The van der Waals surface area contributed by atoms with E-state index >= 15 is 0 Å². The molecule has 1 amide bonds. The lowest BCUT2D eigenvalue weighted by Gasteiger charge is -2.12. The number of carbonyl (C=O) groups excluding carboxylic acids is 1. The van der Waals surface area contributed by atoms with Crippen LogP contribution in [0.25, 0.3) is 0 Å². The van der Waals surface area contributed by atoms with E-state index in [4.69, 9.17) is 0 Å². The van der Waals surface area contributed by atoms with Crippen LogP contribution in [0.3, 0.4) is 0 Å². The van der Waals surface area contributed by atoms with Crippen molar-refractivity contribution >= 4 is 17.4 Å². The minimum absolute atomic E-state index is 0.0914. The molecule has 1 aliphatic heterocycles. The first-order chi connectivity index (χ1) is 5.88. The predicted molar refractivity (Wildman–Crippen MR) is 47.3 cm³/mol. The number of hydrogen-bond donors (Lipinski definition) is 0. The number of likely N-dealkylation sites (tertiary alicyclic amines) is 1. The van der Waals surface area contributed by atoms with Crippen LogP contribution in [0.4, 0.5) is 0 Å². The number of hydrogen-bond acceptors (Lipinski definition) is 3. The quantitative estimate of drug-likeness (QED) is 0.657. The average molecular weight is 182 g/mol. The first kappa shape index (κ1) is 7.73. The van der Waals surface area contributed by atoms with E-state index < -0.39 is 0 Å². The molecular weight excluding hydrogens is 172 g/mol. The van der Waals surface area contributed by atoms with Gasteiger partial charge in [-0.15, -0.1) is 0 Å². The zero-order valence-corrected chi connectivity index (χ0v) is 7.51. The Morgan fingerprint density at radius 1 is 1.50 bits per heavy atom. The topological polar surface area (TPSA) is 33.2 Å². The summed E-state index contributed by atoms with van der Waals surface area (Å²) in [7, 11) is 0. The van der Waals surface area contributed by atoms with E-state index in [1.54, 1.807) is 6.07 Å². The molecule has 0 radical (unpaired) electrons. The number of rotatable bonds is 1. The Hall–Kier alpha value is -0.900. The third-order valence-electron chi connectivity index (χ3n) is 2.05. The molecule has 0 aliphatic carbocycles. The molecular formula is C8H10N2OS. The minimum Gasteiger partial charge on any atom is -0.337 e. The lowest BCUT2D eigenvalue weighted by Crippen LogP contribution is -2.27. The standard InChI is InChI=1S/C8H10N2OS/c11-8(7-3-6-12-9-7)10-4-1-2-5-10/h3,6H,1-2,4-5H2. The van der Waals surface area contributed by atoms with Crippen LogP contribution in [0.2, 0.25) is 0 Å². The van der Waals surface area contributed by atoms with Crippen LogP contribution in [0.5, 0.6) is 0 Å². The highest BCUT2D eigenvalue weighted by atomic mass is 32.1. The molecule has 0 unspecified atom stereocenters. The molecule has 1 aromatic heterocycles. The number of nitrogens with zero attached hydrogens (tertiary/aromatic N) is 2. The maximum absolute atomic E-state index is 11.6. The lowest BCUT2D eigenvalue weighted by molar-refractivity contribution is 0.0788. The molecule has 1 saturated heterocycles. The zero-order valence-electron chi connectivity index (χ0n) is 6.69. The maximum atomic E-state index is 11.6. The SMILES string of the molecule is O=C(c1ccsn1)N1CCCC1. The summed E-state index contributed by atoms with van der Waals surface area (Å²) < 4.78 is 4.01. The molecule has 1 aromatic rings. The Kier molecular flexibility index (Phi) is 2.08. The summed E-state index contributed by atoms with van der Waals surface area (Å²) in [5, 5.41) is 1.84. The largest absolute Gasteiger partial charge is 0.337 e. The number of carbonyl (C=O) groups is 1.